The number of aliphatic carboxylic acids is 1. The standard InChI is InChI=1S/C9H4Cl2F2O2/c10-5-1-4(2-6(11)8(5)13)3-7(12)9(14)15/h1-3H,(H,14,15). The molecule has 80 valence electrons. The van der Waals surface area contributed by atoms with E-state index in [0.29, 0.717) is 6.08 Å². The Balaban J connectivity index is 3.18. The van der Waals surface area contributed by atoms with Gasteiger partial charge in [-0.15, -0.1) is 0 Å². The lowest BCUT2D eigenvalue weighted by atomic mass is 10.2. The monoisotopic (exact) mass is 252 g/mol. The number of carboxylic acids is 1. The fourth-order valence-corrected chi connectivity index (χ4v) is 1.37. The molecule has 0 aliphatic heterocycles. The van der Waals surface area contributed by atoms with Crippen LogP contribution in [0.5, 0.6) is 0 Å². The molecule has 0 radical (unpaired) electrons. The second-order valence-corrected chi connectivity index (χ2v) is 3.41. The highest BCUT2D eigenvalue weighted by molar-refractivity contribution is 6.35. The van der Waals surface area contributed by atoms with Gasteiger partial charge in [-0.05, 0) is 23.8 Å². The Bertz CT molecular complexity index is 421. The van der Waals surface area contributed by atoms with E-state index in [1.54, 1.807) is 0 Å². The van der Waals surface area contributed by atoms with Gasteiger partial charge >= 0.3 is 5.97 Å². The average Bonchev–Trinajstić information content (AvgIpc) is 2.13. The first-order chi connectivity index (χ1) is 6.91. The maximum absolute atomic E-state index is 12.9. The summed E-state index contributed by atoms with van der Waals surface area (Å²) in [4.78, 5) is 10.2. The molecule has 0 aliphatic rings. The second kappa shape index (κ2) is 4.59. The topological polar surface area (TPSA) is 37.3 Å². The van der Waals surface area contributed by atoms with Crippen molar-refractivity contribution in [3.63, 3.8) is 0 Å². The Morgan fingerprint density at radius 1 is 1.33 bits per heavy atom. The summed E-state index contributed by atoms with van der Waals surface area (Å²) >= 11 is 10.8. The molecule has 15 heavy (non-hydrogen) atoms. The average molecular weight is 253 g/mol. The number of halogens is 4. The fraction of sp³-hybridized carbons (Fsp3) is 0. The molecule has 0 saturated heterocycles. The summed E-state index contributed by atoms with van der Waals surface area (Å²) in [5.74, 6) is -3.92. The van der Waals surface area contributed by atoms with E-state index < -0.39 is 17.6 Å². The number of hydrogen-bond donors (Lipinski definition) is 1. The molecule has 0 aliphatic carbocycles. The molecule has 2 nitrogen and oxygen atoms in total. The first-order valence-corrected chi connectivity index (χ1v) is 4.42. The third kappa shape index (κ3) is 2.91. The third-order valence-electron chi connectivity index (χ3n) is 1.50. The van der Waals surface area contributed by atoms with Crippen LogP contribution in [0.25, 0.3) is 6.08 Å². The van der Waals surface area contributed by atoms with Crippen LogP contribution >= 0.6 is 23.2 Å². The van der Waals surface area contributed by atoms with Gasteiger partial charge in [0.25, 0.3) is 0 Å². The van der Waals surface area contributed by atoms with Crippen LogP contribution < -0.4 is 0 Å². The van der Waals surface area contributed by atoms with Crippen molar-refractivity contribution >= 4 is 35.2 Å². The van der Waals surface area contributed by atoms with Crippen molar-refractivity contribution < 1.29 is 18.7 Å². The summed E-state index contributed by atoms with van der Waals surface area (Å²) in [6, 6.07) is 2.15. The van der Waals surface area contributed by atoms with Gasteiger partial charge in [-0.25, -0.2) is 9.18 Å². The summed E-state index contributed by atoms with van der Waals surface area (Å²) in [5, 5.41) is 7.65. The lowest BCUT2D eigenvalue weighted by Crippen LogP contribution is -1.94. The van der Waals surface area contributed by atoms with Crippen LogP contribution in [0.15, 0.2) is 18.0 Å². The van der Waals surface area contributed by atoms with Gasteiger partial charge in [0, 0.05) is 0 Å². The summed E-state index contributed by atoms with van der Waals surface area (Å²) in [5.41, 5.74) is 0.0753. The molecule has 0 heterocycles. The van der Waals surface area contributed by atoms with Gasteiger partial charge in [-0.2, -0.15) is 4.39 Å². The minimum absolute atomic E-state index is 0.0753. The largest absolute Gasteiger partial charge is 0.476 e. The van der Waals surface area contributed by atoms with Gasteiger partial charge in [-0.1, -0.05) is 23.2 Å². The van der Waals surface area contributed by atoms with Crippen molar-refractivity contribution in [2.75, 3.05) is 0 Å². The number of carbonyl (C=O) groups is 1. The molecule has 0 aromatic heterocycles. The molecule has 0 atom stereocenters. The maximum Gasteiger partial charge on any atom is 0.364 e. The van der Waals surface area contributed by atoms with Crippen molar-refractivity contribution in [1.82, 2.24) is 0 Å². The Morgan fingerprint density at radius 2 is 1.80 bits per heavy atom. The molecule has 0 saturated carbocycles. The van der Waals surface area contributed by atoms with Gasteiger partial charge in [0.2, 0.25) is 5.83 Å². The quantitative estimate of drug-likeness (QED) is 0.646. The lowest BCUT2D eigenvalue weighted by Gasteiger charge is -1.99. The molecular weight excluding hydrogens is 249 g/mol. The number of carboxylic acid groups (broad SMARTS) is 1. The Kier molecular flexibility index (Phi) is 3.66. The SMILES string of the molecule is O=C(O)C(F)=Cc1cc(Cl)c(F)c(Cl)c1. The summed E-state index contributed by atoms with van der Waals surface area (Å²) in [6.07, 6.45) is 0.694. The molecular formula is C9H4Cl2F2O2. The third-order valence-corrected chi connectivity index (χ3v) is 2.05. The Morgan fingerprint density at radius 3 is 2.20 bits per heavy atom. The smallest absolute Gasteiger partial charge is 0.364 e. The van der Waals surface area contributed by atoms with Crippen molar-refractivity contribution in [2.24, 2.45) is 0 Å². The molecule has 0 amide bonds. The van der Waals surface area contributed by atoms with E-state index in [1.807, 2.05) is 0 Å². The molecule has 0 fully saturated rings. The van der Waals surface area contributed by atoms with Gasteiger partial charge < -0.3 is 5.11 Å². The lowest BCUT2D eigenvalue weighted by molar-refractivity contribution is -0.134. The van der Waals surface area contributed by atoms with Crippen LogP contribution in [0, 0.1) is 5.82 Å². The number of benzene rings is 1. The van der Waals surface area contributed by atoms with Gasteiger partial charge in [0.05, 0.1) is 10.0 Å². The molecule has 0 spiro atoms. The summed E-state index contributed by atoms with van der Waals surface area (Å²) < 4.78 is 25.6. The predicted molar refractivity (Wildman–Crippen MR) is 53.1 cm³/mol. The molecule has 1 N–H and O–H groups in total. The van der Waals surface area contributed by atoms with E-state index in [-0.39, 0.29) is 15.6 Å². The zero-order chi connectivity index (χ0) is 11.6. The fourth-order valence-electron chi connectivity index (χ4n) is 0.867. The summed E-state index contributed by atoms with van der Waals surface area (Å²) in [6.45, 7) is 0. The minimum atomic E-state index is -1.72. The van der Waals surface area contributed by atoms with Crippen molar-refractivity contribution in [3.8, 4) is 0 Å². The van der Waals surface area contributed by atoms with E-state index in [0.717, 1.165) is 12.1 Å². The molecule has 1 aromatic rings. The number of hydrogen-bond acceptors (Lipinski definition) is 1. The van der Waals surface area contributed by atoms with Crippen LogP contribution in [0.3, 0.4) is 0 Å². The van der Waals surface area contributed by atoms with Crippen molar-refractivity contribution in [1.29, 1.82) is 0 Å². The second-order valence-electron chi connectivity index (χ2n) is 2.60. The normalized spacial score (nSPS) is 11.6. The first-order valence-electron chi connectivity index (χ1n) is 3.67. The summed E-state index contributed by atoms with van der Waals surface area (Å²) in [7, 11) is 0. The minimum Gasteiger partial charge on any atom is -0.476 e. The van der Waals surface area contributed by atoms with Crippen LogP contribution in [-0.4, -0.2) is 11.1 Å². The van der Waals surface area contributed by atoms with Crippen LogP contribution in [-0.2, 0) is 4.79 Å². The van der Waals surface area contributed by atoms with Crippen LogP contribution in [0.2, 0.25) is 10.0 Å². The number of rotatable bonds is 2. The molecule has 0 unspecified atom stereocenters. The van der Waals surface area contributed by atoms with E-state index in [4.69, 9.17) is 28.3 Å². The van der Waals surface area contributed by atoms with Crippen molar-refractivity contribution in [2.45, 2.75) is 0 Å². The Labute approximate surface area is 93.7 Å². The maximum atomic E-state index is 12.9. The van der Waals surface area contributed by atoms with Crippen molar-refractivity contribution in [3.05, 3.63) is 39.4 Å². The van der Waals surface area contributed by atoms with E-state index in [2.05, 4.69) is 0 Å². The van der Waals surface area contributed by atoms with Crippen LogP contribution in [0.1, 0.15) is 5.56 Å². The van der Waals surface area contributed by atoms with Gasteiger partial charge in [0.15, 0.2) is 5.82 Å². The molecule has 6 heteroatoms. The van der Waals surface area contributed by atoms with Crippen LogP contribution in [0.4, 0.5) is 8.78 Å². The molecule has 1 aromatic carbocycles. The highest BCUT2D eigenvalue weighted by atomic mass is 35.5. The molecule has 1 rings (SSSR count). The van der Waals surface area contributed by atoms with E-state index in [9.17, 15) is 13.6 Å². The Hall–Kier alpha value is -1.13. The van der Waals surface area contributed by atoms with Gasteiger partial charge in [-0.3, -0.25) is 0 Å². The van der Waals surface area contributed by atoms with E-state index in [1.165, 1.54) is 0 Å². The highest BCUT2D eigenvalue weighted by Gasteiger charge is 2.09. The predicted octanol–water partition coefficient (Wildman–Crippen LogP) is 3.53. The van der Waals surface area contributed by atoms with E-state index >= 15 is 0 Å². The molecule has 0 bridgehead atoms. The zero-order valence-electron chi connectivity index (χ0n) is 7.10. The van der Waals surface area contributed by atoms with Gasteiger partial charge in [0.1, 0.15) is 0 Å². The first kappa shape index (κ1) is 11.9. The highest BCUT2D eigenvalue weighted by Crippen LogP contribution is 2.25. The zero-order valence-corrected chi connectivity index (χ0v) is 8.61.